The Kier molecular flexibility index (Phi) is 5.95. The lowest BCUT2D eigenvalue weighted by Crippen LogP contribution is -1.97. The lowest BCUT2D eigenvalue weighted by molar-refractivity contribution is 0.264. The fourth-order valence-corrected chi connectivity index (χ4v) is 1.45. The van der Waals surface area contributed by atoms with Crippen LogP contribution < -0.4 is 0 Å². The van der Waals surface area contributed by atoms with E-state index in [-0.39, 0.29) is 0 Å². The normalized spacial score (nSPS) is 14.1. The second-order valence-corrected chi connectivity index (χ2v) is 2.78. The van der Waals surface area contributed by atoms with Gasteiger partial charge in [-0.2, -0.15) is 0 Å². The Balaban J connectivity index is 2.83. The third-order valence-electron chi connectivity index (χ3n) is 0.776. The van der Waals surface area contributed by atoms with E-state index < -0.39 is 0 Å². The Morgan fingerprint density at radius 2 is 2.43 bits per heavy atom. The van der Waals surface area contributed by atoms with Crippen LogP contribution in [-0.2, 0) is 4.18 Å². The second-order valence-electron chi connectivity index (χ2n) is 1.38. The fourth-order valence-electron chi connectivity index (χ4n) is 0.130. The second kappa shape index (κ2) is 5.18. The van der Waals surface area contributed by atoms with Crippen molar-refractivity contribution in [3.63, 3.8) is 0 Å². The van der Waals surface area contributed by atoms with Gasteiger partial charge in [0.2, 0.25) is 0 Å². The van der Waals surface area contributed by atoms with Crippen LogP contribution in [0.5, 0.6) is 0 Å². The first kappa shape index (κ1) is 8.04. The van der Waals surface area contributed by atoms with Crippen LogP contribution in [0.3, 0.4) is 0 Å². The quantitative estimate of drug-likeness (QED) is 0.546. The molecule has 0 aromatic carbocycles. The number of rotatable bonds is 3. The van der Waals surface area contributed by atoms with E-state index in [2.05, 4.69) is 35.1 Å². The highest BCUT2D eigenvalue weighted by atomic mass is 127. The standard InChI is InChI=1S/C4H9IOS/c1-3-4(2)6-7-5/h4H,3H2,1-2H3. The van der Waals surface area contributed by atoms with Gasteiger partial charge in [-0.05, 0) is 13.3 Å². The maximum atomic E-state index is 5.09. The smallest absolute Gasteiger partial charge is 0.0701 e. The van der Waals surface area contributed by atoms with E-state index in [4.69, 9.17) is 4.18 Å². The van der Waals surface area contributed by atoms with E-state index in [1.54, 1.807) is 0 Å². The van der Waals surface area contributed by atoms with E-state index in [0.717, 1.165) is 6.42 Å². The van der Waals surface area contributed by atoms with Crippen molar-refractivity contribution in [1.82, 2.24) is 0 Å². The lowest BCUT2D eigenvalue weighted by Gasteiger charge is -2.02. The van der Waals surface area contributed by atoms with E-state index in [1.807, 2.05) is 0 Å². The van der Waals surface area contributed by atoms with Crippen molar-refractivity contribution < 1.29 is 4.18 Å². The van der Waals surface area contributed by atoms with Crippen molar-refractivity contribution in [3.8, 4) is 0 Å². The summed E-state index contributed by atoms with van der Waals surface area (Å²) in [6, 6.07) is 0. The van der Waals surface area contributed by atoms with Crippen LogP contribution in [0.1, 0.15) is 20.3 Å². The molecular weight excluding hydrogens is 223 g/mol. The summed E-state index contributed by atoms with van der Waals surface area (Å²) >= 11 is 2.12. The summed E-state index contributed by atoms with van der Waals surface area (Å²) in [7, 11) is 1.40. The summed E-state index contributed by atoms with van der Waals surface area (Å²) in [5, 5.41) is 0. The van der Waals surface area contributed by atoms with Crippen LogP contribution in [0.25, 0.3) is 0 Å². The third-order valence-corrected chi connectivity index (χ3v) is 1.80. The zero-order valence-electron chi connectivity index (χ0n) is 4.48. The van der Waals surface area contributed by atoms with Gasteiger partial charge in [-0.15, -0.1) is 0 Å². The monoisotopic (exact) mass is 232 g/mol. The summed E-state index contributed by atoms with van der Waals surface area (Å²) in [5.41, 5.74) is 0. The zero-order chi connectivity index (χ0) is 5.70. The van der Waals surface area contributed by atoms with E-state index >= 15 is 0 Å². The summed E-state index contributed by atoms with van der Waals surface area (Å²) in [5.74, 6) is 0. The molecule has 0 saturated carbocycles. The number of hydrogen-bond donors (Lipinski definition) is 0. The van der Waals surface area contributed by atoms with Gasteiger partial charge in [0.05, 0.1) is 15.3 Å². The molecule has 0 rings (SSSR count). The molecule has 0 aliphatic rings. The minimum Gasteiger partial charge on any atom is -0.302 e. The van der Waals surface area contributed by atoms with Crippen LogP contribution in [0.15, 0.2) is 0 Å². The number of hydrogen-bond acceptors (Lipinski definition) is 2. The van der Waals surface area contributed by atoms with Gasteiger partial charge >= 0.3 is 0 Å². The molecule has 1 unspecified atom stereocenters. The highest BCUT2D eigenvalue weighted by molar-refractivity contribution is 14.2. The minimum absolute atomic E-state index is 0.405. The summed E-state index contributed by atoms with van der Waals surface area (Å²) in [4.78, 5) is 0. The molecule has 7 heavy (non-hydrogen) atoms. The fraction of sp³-hybridized carbons (Fsp3) is 1.00. The van der Waals surface area contributed by atoms with Crippen LogP contribution in [-0.4, -0.2) is 6.10 Å². The molecule has 0 radical (unpaired) electrons. The van der Waals surface area contributed by atoms with Crippen molar-refractivity contribution in [2.24, 2.45) is 0 Å². The molecule has 0 aliphatic heterocycles. The maximum Gasteiger partial charge on any atom is 0.0701 e. The number of halogens is 1. The molecule has 44 valence electrons. The summed E-state index contributed by atoms with van der Waals surface area (Å²) < 4.78 is 5.09. The zero-order valence-corrected chi connectivity index (χ0v) is 7.45. The highest BCUT2D eigenvalue weighted by Crippen LogP contribution is 2.16. The predicted octanol–water partition coefficient (Wildman–Crippen LogP) is 2.80. The Morgan fingerprint density at radius 3 is 2.57 bits per heavy atom. The topological polar surface area (TPSA) is 9.23 Å². The van der Waals surface area contributed by atoms with Crippen molar-refractivity contribution in [2.75, 3.05) is 0 Å². The molecule has 1 atom stereocenters. The average Bonchev–Trinajstić information content (AvgIpc) is 1.68. The van der Waals surface area contributed by atoms with Crippen molar-refractivity contribution in [3.05, 3.63) is 0 Å². The van der Waals surface area contributed by atoms with E-state index in [1.165, 1.54) is 9.21 Å². The first-order chi connectivity index (χ1) is 3.31. The molecular formula is C4H9IOS. The van der Waals surface area contributed by atoms with Gasteiger partial charge in [0.1, 0.15) is 0 Å². The molecule has 0 bridgehead atoms. The Labute approximate surface area is 61.0 Å². The highest BCUT2D eigenvalue weighted by Gasteiger charge is 1.94. The molecule has 0 heterocycles. The van der Waals surface area contributed by atoms with Gasteiger partial charge in [-0.25, -0.2) is 0 Å². The summed E-state index contributed by atoms with van der Waals surface area (Å²) in [6.45, 7) is 4.17. The van der Waals surface area contributed by atoms with Crippen LogP contribution in [0.4, 0.5) is 0 Å². The predicted molar refractivity (Wildman–Crippen MR) is 42.4 cm³/mol. The third kappa shape index (κ3) is 4.90. The molecule has 0 amide bonds. The molecule has 0 N–H and O–H groups in total. The van der Waals surface area contributed by atoms with Crippen molar-refractivity contribution >= 4 is 30.4 Å². The van der Waals surface area contributed by atoms with Crippen LogP contribution in [0.2, 0.25) is 0 Å². The molecule has 3 heteroatoms. The largest absolute Gasteiger partial charge is 0.302 e. The van der Waals surface area contributed by atoms with Gasteiger partial charge in [0.15, 0.2) is 0 Å². The first-order valence-electron chi connectivity index (χ1n) is 2.25. The average molecular weight is 232 g/mol. The van der Waals surface area contributed by atoms with Gasteiger partial charge in [0.25, 0.3) is 0 Å². The van der Waals surface area contributed by atoms with Gasteiger partial charge in [-0.1, -0.05) is 6.92 Å². The van der Waals surface area contributed by atoms with Gasteiger partial charge < -0.3 is 4.18 Å². The van der Waals surface area contributed by atoms with Crippen LogP contribution >= 0.6 is 30.4 Å². The molecule has 1 nitrogen and oxygen atoms in total. The molecule has 0 spiro atoms. The van der Waals surface area contributed by atoms with E-state index in [9.17, 15) is 0 Å². The van der Waals surface area contributed by atoms with Gasteiger partial charge in [-0.3, -0.25) is 0 Å². The Bertz CT molecular complexity index is 42.7. The first-order valence-corrected chi connectivity index (χ1v) is 5.53. The Hall–Kier alpha value is 1.04. The van der Waals surface area contributed by atoms with E-state index in [0.29, 0.717) is 6.10 Å². The van der Waals surface area contributed by atoms with Crippen LogP contribution in [0, 0.1) is 0 Å². The maximum absolute atomic E-state index is 5.09. The minimum atomic E-state index is 0.405. The molecule has 0 aromatic rings. The molecule has 0 saturated heterocycles. The Morgan fingerprint density at radius 1 is 1.86 bits per heavy atom. The lowest BCUT2D eigenvalue weighted by atomic mass is 10.3. The SMILES string of the molecule is CCC(C)OSI. The molecule has 0 aliphatic carbocycles. The molecule has 0 fully saturated rings. The summed E-state index contributed by atoms with van der Waals surface area (Å²) in [6.07, 6.45) is 1.50. The van der Waals surface area contributed by atoms with Crippen molar-refractivity contribution in [1.29, 1.82) is 0 Å². The van der Waals surface area contributed by atoms with Crippen molar-refractivity contribution in [2.45, 2.75) is 26.4 Å². The molecule has 0 aromatic heterocycles. The van der Waals surface area contributed by atoms with Gasteiger partial charge in [0, 0.05) is 21.2 Å².